The van der Waals surface area contributed by atoms with E-state index in [1.54, 1.807) is 117 Å². The molecular formula is C52H56F6N4O10. The molecule has 0 aliphatic rings. The fraction of sp³-hybridized carbons (Fsp3) is 0.385. The molecule has 0 radical (unpaired) electrons. The molecule has 2 heterocycles. The molecule has 0 amide bonds. The largest absolute Gasteiger partial charge is 0.491 e. The van der Waals surface area contributed by atoms with E-state index in [0.29, 0.717) is 47.8 Å². The summed E-state index contributed by atoms with van der Waals surface area (Å²) >= 11 is 0. The fourth-order valence-electron chi connectivity index (χ4n) is 6.84. The molecule has 6 rings (SSSR count). The van der Waals surface area contributed by atoms with Crippen LogP contribution in [0.5, 0.6) is 23.0 Å². The van der Waals surface area contributed by atoms with Crippen LogP contribution in [0.2, 0.25) is 0 Å². The van der Waals surface area contributed by atoms with Gasteiger partial charge in [-0.15, -0.1) is 0 Å². The van der Waals surface area contributed by atoms with E-state index in [9.17, 15) is 35.9 Å². The van der Waals surface area contributed by atoms with Gasteiger partial charge < -0.3 is 37.5 Å². The van der Waals surface area contributed by atoms with Crippen molar-refractivity contribution in [1.29, 1.82) is 0 Å². The number of hydrogen-bond donors (Lipinski definition) is 0. The maximum Gasteiger partial charge on any atom is 0.419 e. The van der Waals surface area contributed by atoms with Gasteiger partial charge in [-0.05, 0) is 160 Å². The molecular weight excluding hydrogens is 955 g/mol. The quantitative estimate of drug-likeness (QED) is 0.0427. The second-order valence-electron chi connectivity index (χ2n) is 16.9. The molecule has 0 fully saturated rings. The van der Waals surface area contributed by atoms with Crippen LogP contribution in [0.25, 0.3) is 45.7 Å². The normalized spacial score (nSPS) is 13.2. The minimum Gasteiger partial charge on any atom is -0.491 e. The van der Waals surface area contributed by atoms with Crippen LogP contribution in [0.1, 0.15) is 86.8 Å². The highest BCUT2D eigenvalue weighted by Crippen LogP contribution is 2.41. The van der Waals surface area contributed by atoms with Gasteiger partial charge in [-0.1, -0.05) is 17.2 Å². The molecule has 0 aliphatic heterocycles. The smallest absolute Gasteiger partial charge is 0.419 e. The number of aromatic nitrogens is 4. The Morgan fingerprint density at radius 3 is 1.40 bits per heavy atom. The number of nitrogens with zero attached hydrogens (tertiary/aromatic N) is 4. The Kier molecular flexibility index (Phi) is 19.0. The molecule has 6 aromatic rings. The van der Waals surface area contributed by atoms with E-state index < -0.39 is 41.7 Å². The van der Waals surface area contributed by atoms with Gasteiger partial charge in [0.1, 0.15) is 29.1 Å². The Morgan fingerprint density at radius 2 is 1.00 bits per heavy atom. The number of carbonyl (C=O) groups is 2. The second-order valence-corrected chi connectivity index (χ2v) is 16.9. The maximum absolute atomic E-state index is 13.6. The zero-order chi connectivity index (χ0) is 52.9. The second kappa shape index (κ2) is 24.6. The number of benzene rings is 4. The van der Waals surface area contributed by atoms with Gasteiger partial charge in [0, 0.05) is 27.8 Å². The summed E-state index contributed by atoms with van der Waals surface area (Å²) in [7, 11) is 0. The van der Waals surface area contributed by atoms with Gasteiger partial charge >= 0.3 is 24.3 Å². The summed E-state index contributed by atoms with van der Waals surface area (Å²) < 4.78 is 124. The molecule has 4 aromatic carbocycles. The predicted molar refractivity (Wildman–Crippen MR) is 253 cm³/mol. The van der Waals surface area contributed by atoms with Gasteiger partial charge in [-0.25, -0.2) is 4.79 Å². The Hall–Kier alpha value is -7.38. The lowest BCUT2D eigenvalue weighted by molar-refractivity contribution is -0.148. The monoisotopic (exact) mass is 1010 g/mol. The minimum atomic E-state index is -4.61. The molecule has 386 valence electrons. The van der Waals surface area contributed by atoms with Crippen molar-refractivity contribution in [2.45, 2.75) is 112 Å². The van der Waals surface area contributed by atoms with E-state index in [0.717, 1.165) is 12.1 Å². The molecule has 2 aromatic heterocycles. The molecule has 0 saturated carbocycles. The Labute approximate surface area is 412 Å². The number of ether oxygens (including phenoxy) is 6. The van der Waals surface area contributed by atoms with Crippen molar-refractivity contribution < 1.29 is 73.4 Å². The molecule has 72 heavy (non-hydrogen) atoms. The standard InChI is InChI=1S/C26H29F3N2O5.C26H27F3N2O5/c2*1-6-33-25(32)16(4)13-17(5)35-20-10-7-18(8-11-20)24-30-23(31-36-24)19-9-12-22(34-15(2)3)21(14-19)26(27,28)29/h7-12,14-17H,6,13H2,1-5H3;7-15,17H,6H2,1-5H3/b;16-13+/t16?,17-;17-/m11/s1. The number of esters is 2. The molecule has 14 nitrogen and oxygen atoms in total. The van der Waals surface area contributed by atoms with Crippen LogP contribution >= 0.6 is 0 Å². The van der Waals surface area contributed by atoms with Crippen molar-refractivity contribution in [2.75, 3.05) is 13.2 Å². The predicted octanol–water partition coefficient (Wildman–Crippen LogP) is 13.1. The highest BCUT2D eigenvalue weighted by atomic mass is 19.4. The fourth-order valence-corrected chi connectivity index (χ4v) is 6.84. The lowest BCUT2D eigenvalue weighted by Gasteiger charge is -2.18. The van der Waals surface area contributed by atoms with Crippen molar-refractivity contribution in [3.05, 3.63) is 108 Å². The number of halogens is 6. The first-order chi connectivity index (χ1) is 33.9. The third kappa shape index (κ3) is 15.8. The van der Waals surface area contributed by atoms with Gasteiger partial charge in [-0.2, -0.15) is 36.3 Å². The third-order valence-electron chi connectivity index (χ3n) is 9.98. The van der Waals surface area contributed by atoms with Crippen molar-refractivity contribution in [3.8, 4) is 68.7 Å². The maximum atomic E-state index is 13.6. The minimum absolute atomic E-state index is 0.0140. The van der Waals surface area contributed by atoms with Crippen LogP contribution in [-0.4, -0.2) is 69.8 Å². The summed E-state index contributed by atoms with van der Waals surface area (Å²) in [5.74, 6) is -0.0377. The SMILES string of the molecule is CCOC(=O)/C(C)=C/[C@@H](C)Oc1ccc(-c2nc(-c3ccc(OC(C)C)c(C(F)(F)F)c3)no2)cc1.CCOC(=O)C(C)C[C@@H](C)Oc1ccc(-c2nc(-c3ccc(OC(C)C)c(C(F)(F)F)c3)no2)cc1. The van der Waals surface area contributed by atoms with Gasteiger partial charge in [0.15, 0.2) is 0 Å². The van der Waals surface area contributed by atoms with E-state index in [2.05, 4.69) is 20.3 Å². The highest BCUT2D eigenvalue weighted by Gasteiger charge is 2.37. The third-order valence-corrected chi connectivity index (χ3v) is 9.98. The Balaban J connectivity index is 0.000000267. The Bertz CT molecular complexity index is 2750. The zero-order valence-corrected chi connectivity index (χ0v) is 41.3. The number of hydrogen-bond acceptors (Lipinski definition) is 14. The van der Waals surface area contributed by atoms with Gasteiger partial charge in [0.25, 0.3) is 11.8 Å². The first kappa shape index (κ1) is 55.5. The average molecular weight is 1010 g/mol. The summed E-state index contributed by atoms with van der Waals surface area (Å²) in [6.07, 6.45) is -8.50. The van der Waals surface area contributed by atoms with Crippen LogP contribution in [-0.2, 0) is 31.4 Å². The van der Waals surface area contributed by atoms with Crippen molar-refractivity contribution in [2.24, 2.45) is 5.92 Å². The molecule has 0 spiro atoms. The lowest BCUT2D eigenvalue weighted by atomic mass is 10.0. The average Bonchev–Trinajstić information content (AvgIpc) is 4.01. The van der Waals surface area contributed by atoms with Crippen molar-refractivity contribution in [1.82, 2.24) is 20.3 Å². The van der Waals surface area contributed by atoms with Crippen molar-refractivity contribution >= 4 is 11.9 Å². The number of carbonyl (C=O) groups excluding carboxylic acids is 2. The van der Waals surface area contributed by atoms with Gasteiger partial charge in [0.05, 0.1) is 48.6 Å². The number of rotatable bonds is 19. The first-order valence-corrected chi connectivity index (χ1v) is 23.0. The molecule has 3 atom stereocenters. The van der Waals surface area contributed by atoms with Gasteiger partial charge in [-0.3, -0.25) is 4.79 Å². The summed E-state index contributed by atoms with van der Waals surface area (Å²) in [6, 6.07) is 20.9. The van der Waals surface area contributed by atoms with E-state index in [4.69, 9.17) is 37.5 Å². The van der Waals surface area contributed by atoms with Crippen LogP contribution in [0, 0.1) is 5.92 Å². The lowest BCUT2D eigenvalue weighted by Crippen LogP contribution is -2.22. The Morgan fingerprint density at radius 1 is 0.583 bits per heavy atom. The van der Waals surface area contributed by atoms with Crippen LogP contribution in [0.3, 0.4) is 0 Å². The van der Waals surface area contributed by atoms with E-state index in [1.807, 2.05) is 6.92 Å². The number of alkyl halides is 6. The van der Waals surface area contributed by atoms with E-state index in [1.165, 1.54) is 24.3 Å². The van der Waals surface area contributed by atoms with E-state index in [-0.39, 0.29) is 70.2 Å². The molecule has 0 N–H and O–H groups in total. The first-order valence-electron chi connectivity index (χ1n) is 23.0. The summed E-state index contributed by atoms with van der Waals surface area (Å²) in [5.41, 5.74) is 0.0452. The molecule has 0 bridgehead atoms. The highest BCUT2D eigenvalue weighted by molar-refractivity contribution is 5.87. The topological polar surface area (TPSA) is 167 Å². The van der Waals surface area contributed by atoms with Gasteiger partial charge in [0.2, 0.25) is 11.6 Å². The van der Waals surface area contributed by atoms with Crippen LogP contribution in [0.4, 0.5) is 26.3 Å². The summed E-state index contributed by atoms with van der Waals surface area (Å²) in [6.45, 7) is 17.8. The molecule has 1 unspecified atom stereocenters. The molecule has 0 aliphatic carbocycles. The van der Waals surface area contributed by atoms with Crippen LogP contribution in [0.15, 0.2) is 106 Å². The van der Waals surface area contributed by atoms with Crippen LogP contribution < -0.4 is 18.9 Å². The summed E-state index contributed by atoms with van der Waals surface area (Å²) in [5, 5.41) is 7.68. The zero-order valence-electron chi connectivity index (χ0n) is 41.3. The summed E-state index contributed by atoms with van der Waals surface area (Å²) in [4.78, 5) is 32.0. The molecule has 20 heteroatoms. The van der Waals surface area contributed by atoms with Crippen molar-refractivity contribution in [3.63, 3.8) is 0 Å². The molecule has 0 saturated heterocycles. The van der Waals surface area contributed by atoms with E-state index >= 15 is 0 Å².